The minimum absolute atomic E-state index is 0.0775. The molecule has 5 heteroatoms. The fraction of sp³-hybridized carbons (Fsp3) is 0.0667. The van der Waals surface area contributed by atoms with Crippen LogP contribution in [-0.4, -0.2) is 18.2 Å². The fourth-order valence-electron chi connectivity index (χ4n) is 2.13. The minimum Gasteiger partial charge on any atom is -0.324 e. The van der Waals surface area contributed by atoms with Gasteiger partial charge in [-0.1, -0.05) is 35.3 Å². The molecule has 1 aliphatic heterocycles. The smallest absolute Gasteiger partial charge is 0.246 e. The van der Waals surface area contributed by atoms with E-state index in [4.69, 9.17) is 23.2 Å². The second-order valence-electron chi connectivity index (χ2n) is 4.41. The van der Waals surface area contributed by atoms with Crippen molar-refractivity contribution in [3.8, 4) is 0 Å². The summed E-state index contributed by atoms with van der Waals surface area (Å²) < 4.78 is 0. The molecule has 0 spiro atoms. The van der Waals surface area contributed by atoms with Gasteiger partial charge in [-0.05, 0) is 30.3 Å². The van der Waals surface area contributed by atoms with E-state index in [9.17, 15) is 4.79 Å². The standard InChI is InChI=1S/C15H10Cl2N2O/c16-10-3-1-2-9(6-10)15-12-7-11(17)4-5-13(12)19-14(20)8-18-15/h1-7H,8H2,(H,19,20). The molecule has 0 bridgehead atoms. The topological polar surface area (TPSA) is 41.5 Å². The van der Waals surface area contributed by atoms with Gasteiger partial charge >= 0.3 is 0 Å². The van der Waals surface area contributed by atoms with E-state index in [2.05, 4.69) is 10.3 Å². The molecule has 0 aromatic heterocycles. The molecule has 0 atom stereocenters. The summed E-state index contributed by atoms with van der Waals surface area (Å²) >= 11 is 12.1. The van der Waals surface area contributed by atoms with Crippen molar-refractivity contribution in [2.45, 2.75) is 0 Å². The number of aliphatic imine (C=N–C) groups is 1. The number of carbonyl (C=O) groups is 1. The molecule has 1 aliphatic rings. The van der Waals surface area contributed by atoms with Crippen molar-refractivity contribution >= 4 is 40.5 Å². The predicted molar refractivity (Wildman–Crippen MR) is 82.0 cm³/mol. The van der Waals surface area contributed by atoms with Gasteiger partial charge in [0, 0.05) is 21.2 Å². The molecule has 0 fully saturated rings. The van der Waals surface area contributed by atoms with Crippen LogP contribution in [0.25, 0.3) is 0 Å². The highest BCUT2D eigenvalue weighted by molar-refractivity contribution is 6.32. The molecule has 2 aromatic rings. The van der Waals surface area contributed by atoms with Gasteiger partial charge in [-0.15, -0.1) is 0 Å². The molecule has 3 rings (SSSR count). The molecule has 0 unspecified atom stereocenters. The Balaban J connectivity index is 2.20. The Morgan fingerprint density at radius 2 is 1.85 bits per heavy atom. The first-order chi connectivity index (χ1) is 9.63. The van der Waals surface area contributed by atoms with Crippen LogP contribution in [0.1, 0.15) is 11.1 Å². The van der Waals surface area contributed by atoms with E-state index in [0.29, 0.717) is 21.4 Å². The Morgan fingerprint density at radius 1 is 1.05 bits per heavy atom. The van der Waals surface area contributed by atoms with Gasteiger partial charge in [-0.2, -0.15) is 0 Å². The number of amides is 1. The molecule has 100 valence electrons. The molecule has 2 aromatic carbocycles. The number of halogens is 2. The maximum atomic E-state index is 11.7. The average Bonchev–Trinajstić information content (AvgIpc) is 2.57. The fourth-order valence-corrected chi connectivity index (χ4v) is 2.49. The third-order valence-electron chi connectivity index (χ3n) is 2.99. The third-order valence-corrected chi connectivity index (χ3v) is 3.46. The quantitative estimate of drug-likeness (QED) is 0.856. The summed E-state index contributed by atoms with van der Waals surface area (Å²) in [5.74, 6) is -0.148. The molecule has 0 aliphatic carbocycles. The van der Waals surface area contributed by atoms with Crippen molar-refractivity contribution in [2.24, 2.45) is 4.99 Å². The SMILES string of the molecule is O=C1CN=C(c2cccc(Cl)c2)c2cc(Cl)ccc2N1. The average molecular weight is 305 g/mol. The van der Waals surface area contributed by atoms with Crippen LogP contribution >= 0.6 is 23.2 Å². The zero-order valence-corrected chi connectivity index (χ0v) is 11.9. The van der Waals surface area contributed by atoms with Gasteiger partial charge in [0.05, 0.1) is 11.4 Å². The number of hydrogen-bond donors (Lipinski definition) is 1. The van der Waals surface area contributed by atoms with E-state index in [1.54, 1.807) is 24.3 Å². The molecule has 1 N–H and O–H groups in total. The van der Waals surface area contributed by atoms with Crippen molar-refractivity contribution in [2.75, 3.05) is 11.9 Å². The molecule has 3 nitrogen and oxygen atoms in total. The number of rotatable bonds is 1. The molecule has 0 saturated heterocycles. The van der Waals surface area contributed by atoms with Crippen molar-refractivity contribution in [1.29, 1.82) is 0 Å². The molecular formula is C15H10Cl2N2O. The van der Waals surface area contributed by atoms with E-state index in [0.717, 1.165) is 11.1 Å². The Morgan fingerprint density at radius 3 is 2.65 bits per heavy atom. The summed E-state index contributed by atoms with van der Waals surface area (Å²) in [5.41, 5.74) is 3.07. The van der Waals surface area contributed by atoms with Crippen LogP contribution in [0.5, 0.6) is 0 Å². The van der Waals surface area contributed by atoms with Gasteiger partial charge in [0.25, 0.3) is 0 Å². The second kappa shape index (κ2) is 5.27. The highest BCUT2D eigenvalue weighted by Crippen LogP contribution is 2.26. The Kier molecular flexibility index (Phi) is 3.47. The van der Waals surface area contributed by atoms with Crippen LogP contribution in [0.2, 0.25) is 10.0 Å². The van der Waals surface area contributed by atoms with Crippen LogP contribution in [-0.2, 0) is 4.79 Å². The lowest BCUT2D eigenvalue weighted by Crippen LogP contribution is -2.13. The molecule has 1 heterocycles. The number of benzene rings is 2. The van der Waals surface area contributed by atoms with Crippen LogP contribution in [0.4, 0.5) is 5.69 Å². The van der Waals surface area contributed by atoms with Crippen LogP contribution in [0.3, 0.4) is 0 Å². The number of nitrogens with zero attached hydrogens (tertiary/aromatic N) is 1. The largest absolute Gasteiger partial charge is 0.324 e. The van der Waals surface area contributed by atoms with Crippen LogP contribution < -0.4 is 5.32 Å². The number of benzodiazepines with no additional fused rings is 1. The highest BCUT2D eigenvalue weighted by Gasteiger charge is 2.18. The first-order valence-corrected chi connectivity index (χ1v) is 6.79. The molecule has 0 radical (unpaired) electrons. The first kappa shape index (κ1) is 13.2. The summed E-state index contributed by atoms with van der Waals surface area (Å²) in [5, 5.41) is 4.03. The number of hydrogen-bond acceptors (Lipinski definition) is 2. The van der Waals surface area contributed by atoms with Gasteiger partial charge in [0.15, 0.2) is 0 Å². The summed E-state index contributed by atoms with van der Waals surface area (Å²) in [4.78, 5) is 16.1. The first-order valence-electron chi connectivity index (χ1n) is 6.03. The normalized spacial score (nSPS) is 14.1. The van der Waals surface area contributed by atoms with Gasteiger partial charge in [0.1, 0.15) is 6.54 Å². The molecule has 0 saturated carbocycles. The highest BCUT2D eigenvalue weighted by atomic mass is 35.5. The number of nitrogens with one attached hydrogen (secondary N) is 1. The Hall–Kier alpha value is -1.84. The maximum Gasteiger partial charge on any atom is 0.246 e. The number of fused-ring (bicyclic) bond motifs is 1. The summed E-state index contributed by atoms with van der Waals surface area (Å²) in [6.45, 7) is 0.0775. The lowest BCUT2D eigenvalue weighted by atomic mass is 10.0. The Bertz CT molecular complexity index is 726. The van der Waals surface area contributed by atoms with Gasteiger partial charge in [0.2, 0.25) is 5.91 Å². The molecular weight excluding hydrogens is 295 g/mol. The maximum absolute atomic E-state index is 11.7. The monoisotopic (exact) mass is 304 g/mol. The zero-order chi connectivity index (χ0) is 14.1. The van der Waals surface area contributed by atoms with E-state index in [1.165, 1.54) is 0 Å². The van der Waals surface area contributed by atoms with E-state index < -0.39 is 0 Å². The van der Waals surface area contributed by atoms with Crippen molar-refractivity contribution < 1.29 is 4.79 Å². The predicted octanol–water partition coefficient (Wildman–Crippen LogP) is 3.78. The van der Waals surface area contributed by atoms with E-state index in [-0.39, 0.29) is 12.5 Å². The van der Waals surface area contributed by atoms with Crippen molar-refractivity contribution in [1.82, 2.24) is 0 Å². The van der Waals surface area contributed by atoms with Crippen LogP contribution in [0, 0.1) is 0 Å². The molecule has 20 heavy (non-hydrogen) atoms. The van der Waals surface area contributed by atoms with Crippen molar-refractivity contribution in [3.05, 3.63) is 63.6 Å². The van der Waals surface area contributed by atoms with E-state index >= 15 is 0 Å². The second-order valence-corrected chi connectivity index (χ2v) is 5.29. The van der Waals surface area contributed by atoms with Crippen LogP contribution in [0.15, 0.2) is 47.5 Å². The Labute approximate surface area is 126 Å². The zero-order valence-electron chi connectivity index (χ0n) is 10.4. The summed E-state index contributed by atoms with van der Waals surface area (Å²) in [6.07, 6.45) is 0. The van der Waals surface area contributed by atoms with Gasteiger partial charge < -0.3 is 5.32 Å². The van der Waals surface area contributed by atoms with Gasteiger partial charge in [-0.25, -0.2) is 0 Å². The lowest BCUT2D eigenvalue weighted by molar-refractivity contribution is -0.114. The third kappa shape index (κ3) is 2.55. The number of carbonyl (C=O) groups excluding carboxylic acids is 1. The minimum atomic E-state index is -0.148. The van der Waals surface area contributed by atoms with Crippen molar-refractivity contribution in [3.63, 3.8) is 0 Å². The lowest BCUT2D eigenvalue weighted by Gasteiger charge is -2.10. The summed E-state index contributed by atoms with van der Waals surface area (Å²) in [7, 11) is 0. The number of anilines is 1. The van der Waals surface area contributed by atoms with E-state index in [1.807, 2.05) is 18.2 Å². The molecule has 1 amide bonds. The van der Waals surface area contributed by atoms with Gasteiger partial charge in [-0.3, -0.25) is 9.79 Å². The summed E-state index contributed by atoms with van der Waals surface area (Å²) in [6, 6.07) is 12.7.